The normalized spacial score (nSPS) is 10.7. The van der Waals surface area contributed by atoms with Gasteiger partial charge < -0.3 is 10.7 Å². The maximum atomic E-state index is 5.67. The van der Waals surface area contributed by atoms with Crippen molar-refractivity contribution >= 4 is 15.9 Å². The maximum Gasteiger partial charge on any atom is 0.137 e. The molecule has 0 aliphatic rings. The number of H-pyrrole nitrogens is 1. The molecule has 3 N–H and O–H groups in total. The summed E-state index contributed by atoms with van der Waals surface area (Å²) in [4.78, 5) is 7.81. The fraction of sp³-hybridized carbons (Fsp3) is 0.0625. The molecule has 0 atom stereocenters. The Morgan fingerprint density at radius 1 is 1.05 bits per heavy atom. The molecule has 0 amide bonds. The van der Waals surface area contributed by atoms with Crippen LogP contribution in [-0.4, -0.2) is 9.97 Å². The van der Waals surface area contributed by atoms with Gasteiger partial charge in [0.2, 0.25) is 0 Å². The number of imidazole rings is 1. The van der Waals surface area contributed by atoms with Crippen molar-refractivity contribution in [3.05, 3.63) is 64.8 Å². The first-order valence-electron chi connectivity index (χ1n) is 6.36. The van der Waals surface area contributed by atoms with Crippen molar-refractivity contribution in [1.82, 2.24) is 9.97 Å². The molecule has 0 bridgehead atoms. The Kier molecular flexibility index (Phi) is 3.67. The lowest BCUT2D eigenvalue weighted by Crippen LogP contribution is -1.96. The van der Waals surface area contributed by atoms with Gasteiger partial charge in [-0.25, -0.2) is 4.98 Å². The van der Waals surface area contributed by atoms with Gasteiger partial charge in [-0.3, -0.25) is 0 Å². The molecule has 0 radical (unpaired) electrons. The quantitative estimate of drug-likeness (QED) is 0.764. The third-order valence-corrected chi connectivity index (χ3v) is 3.64. The number of aromatic nitrogens is 2. The van der Waals surface area contributed by atoms with Crippen LogP contribution in [0.2, 0.25) is 0 Å². The average molecular weight is 328 g/mol. The largest absolute Gasteiger partial charge is 0.338 e. The molecule has 0 unspecified atom stereocenters. The fourth-order valence-electron chi connectivity index (χ4n) is 2.12. The molecule has 0 saturated heterocycles. The highest BCUT2D eigenvalue weighted by Gasteiger charge is 2.06. The van der Waals surface area contributed by atoms with Crippen molar-refractivity contribution < 1.29 is 0 Å². The summed E-state index contributed by atoms with van der Waals surface area (Å²) in [6.07, 6.45) is 1.85. The van der Waals surface area contributed by atoms with Gasteiger partial charge in [0, 0.05) is 22.1 Å². The smallest absolute Gasteiger partial charge is 0.137 e. The molecule has 20 heavy (non-hydrogen) atoms. The minimum Gasteiger partial charge on any atom is -0.338 e. The Morgan fingerprint density at radius 2 is 1.85 bits per heavy atom. The summed E-state index contributed by atoms with van der Waals surface area (Å²) < 4.78 is 1.05. The van der Waals surface area contributed by atoms with Gasteiger partial charge in [0.1, 0.15) is 5.82 Å². The molecule has 0 aliphatic carbocycles. The standard InChI is InChI=1S/C16H14BrN3/c17-14-6-2-4-12(8-14)15-10-19-16(20-15)13-5-1-3-11(7-13)9-18/h1-8,10H,9,18H2,(H,19,20). The van der Waals surface area contributed by atoms with Crippen molar-refractivity contribution in [1.29, 1.82) is 0 Å². The first-order valence-corrected chi connectivity index (χ1v) is 7.16. The molecule has 3 aromatic rings. The average Bonchev–Trinajstić information content (AvgIpc) is 2.97. The van der Waals surface area contributed by atoms with Crippen LogP contribution in [0.25, 0.3) is 22.6 Å². The van der Waals surface area contributed by atoms with Gasteiger partial charge in [0.15, 0.2) is 0 Å². The van der Waals surface area contributed by atoms with Crippen molar-refractivity contribution in [2.75, 3.05) is 0 Å². The van der Waals surface area contributed by atoms with E-state index in [-0.39, 0.29) is 0 Å². The van der Waals surface area contributed by atoms with Crippen LogP contribution in [0.15, 0.2) is 59.2 Å². The third-order valence-electron chi connectivity index (χ3n) is 3.15. The molecule has 3 rings (SSSR count). The minimum atomic E-state index is 0.535. The van der Waals surface area contributed by atoms with Gasteiger partial charge >= 0.3 is 0 Å². The van der Waals surface area contributed by atoms with E-state index in [4.69, 9.17) is 5.73 Å². The second kappa shape index (κ2) is 5.61. The first kappa shape index (κ1) is 13.1. The minimum absolute atomic E-state index is 0.535. The molecule has 1 heterocycles. The van der Waals surface area contributed by atoms with Crippen LogP contribution in [0.4, 0.5) is 0 Å². The van der Waals surface area contributed by atoms with Crippen LogP contribution < -0.4 is 5.73 Å². The number of hydrogen-bond acceptors (Lipinski definition) is 2. The number of hydrogen-bond donors (Lipinski definition) is 2. The van der Waals surface area contributed by atoms with E-state index in [1.807, 2.05) is 36.5 Å². The zero-order valence-electron chi connectivity index (χ0n) is 10.8. The summed E-state index contributed by atoms with van der Waals surface area (Å²) in [6, 6.07) is 16.2. The molecule has 2 aromatic carbocycles. The number of nitrogens with zero attached hydrogens (tertiary/aromatic N) is 1. The molecular formula is C16H14BrN3. The maximum absolute atomic E-state index is 5.67. The van der Waals surface area contributed by atoms with Crippen LogP contribution in [0.1, 0.15) is 5.56 Å². The number of benzene rings is 2. The molecule has 4 heteroatoms. The molecule has 3 nitrogen and oxygen atoms in total. The number of nitrogens with two attached hydrogens (primary N) is 1. The summed E-state index contributed by atoms with van der Waals surface area (Å²) in [5.74, 6) is 0.857. The zero-order chi connectivity index (χ0) is 13.9. The molecule has 0 saturated carbocycles. The lowest BCUT2D eigenvalue weighted by atomic mass is 10.1. The van der Waals surface area contributed by atoms with Crippen LogP contribution in [0, 0.1) is 0 Å². The summed E-state index contributed by atoms with van der Waals surface area (Å²) in [5.41, 5.74) is 9.93. The summed E-state index contributed by atoms with van der Waals surface area (Å²) >= 11 is 3.48. The summed E-state index contributed by atoms with van der Waals surface area (Å²) in [5, 5.41) is 0. The lowest BCUT2D eigenvalue weighted by molar-refractivity contribution is 1.07. The molecule has 0 aliphatic heterocycles. The SMILES string of the molecule is NCc1cccc(-c2ncc(-c3cccc(Br)c3)[nH]2)c1. The fourth-order valence-corrected chi connectivity index (χ4v) is 2.52. The van der Waals surface area contributed by atoms with Gasteiger partial charge in [-0.15, -0.1) is 0 Å². The van der Waals surface area contributed by atoms with Crippen LogP contribution >= 0.6 is 15.9 Å². The zero-order valence-corrected chi connectivity index (χ0v) is 12.4. The first-order chi connectivity index (χ1) is 9.76. The van der Waals surface area contributed by atoms with Gasteiger partial charge in [-0.1, -0.05) is 46.3 Å². The van der Waals surface area contributed by atoms with Crippen LogP contribution in [0.5, 0.6) is 0 Å². The van der Waals surface area contributed by atoms with E-state index in [9.17, 15) is 0 Å². The van der Waals surface area contributed by atoms with E-state index in [0.29, 0.717) is 6.54 Å². The van der Waals surface area contributed by atoms with E-state index < -0.39 is 0 Å². The number of aromatic amines is 1. The van der Waals surface area contributed by atoms with Crippen LogP contribution in [0.3, 0.4) is 0 Å². The number of rotatable bonds is 3. The summed E-state index contributed by atoms with van der Waals surface area (Å²) in [7, 11) is 0. The Bertz CT molecular complexity index is 734. The highest BCUT2D eigenvalue weighted by Crippen LogP contribution is 2.24. The van der Waals surface area contributed by atoms with E-state index in [1.165, 1.54) is 0 Å². The van der Waals surface area contributed by atoms with E-state index in [2.05, 4.69) is 44.1 Å². The monoisotopic (exact) mass is 327 g/mol. The molecule has 0 fully saturated rings. The van der Waals surface area contributed by atoms with Gasteiger partial charge in [-0.2, -0.15) is 0 Å². The van der Waals surface area contributed by atoms with E-state index >= 15 is 0 Å². The Hall–Kier alpha value is -1.91. The summed E-state index contributed by atoms with van der Waals surface area (Å²) in [6.45, 7) is 0.535. The molecular weight excluding hydrogens is 314 g/mol. The number of halogens is 1. The predicted molar refractivity (Wildman–Crippen MR) is 85.1 cm³/mol. The Balaban J connectivity index is 1.97. The lowest BCUT2D eigenvalue weighted by Gasteiger charge is -2.01. The van der Waals surface area contributed by atoms with Crippen molar-refractivity contribution in [2.45, 2.75) is 6.54 Å². The van der Waals surface area contributed by atoms with E-state index in [0.717, 1.165) is 32.7 Å². The Labute approximate surface area is 126 Å². The second-order valence-electron chi connectivity index (χ2n) is 4.56. The second-order valence-corrected chi connectivity index (χ2v) is 5.48. The highest BCUT2D eigenvalue weighted by atomic mass is 79.9. The van der Waals surface area contributed by atoms with E-state index in [1.54, 1.807) is 0 Å². The Morgan fingerprint density at radius 3 is 2.65 bits per heavy atom. The molecule has 0 spiro atoms. The van der Waals surface area contributed by atoms with Crippen molar-refractivity contribution in [3.63, 3.8) is 0 Å². The van der Waals surface area contributed by atoms with Crippen LogP contribution in [-0.2, 0) is 6.54 Å². The highest BCUT2D eigenvalue weighted by molar-refractivity contribution is 9.10. The number of nitrogens with one attached hydrogen (secondary N) is 1. The van der Waals surface area contributed by atoms with Gasteiger partial charge in [0.25, 0.3) is 0 Å². The van der Waals surface area contributed by atoms with Gasteiger partial charge in [0.05, 0.1) is 11.9 Å². The molecule has 100 valence electrons. The topological polar surface area (TPSA) is 54.7 Å². The van der Waals surface area contributed by atoms with Crippen molar-refractivity contribution in [3.8, 4) is 22.6 Å². The predicted octanol–water partition coefficient (Wildman–Crippen LogP) is 3.96. The molecule has 1 aromatic heterocycles. The van der Waals surface area contributed by atoms with Crippen molar-refractivity contribution in [2.24, 2.45) is 5.73 Å². The van der Waals surface area contributed by atoms with Gasteiger partial charge in [-0.05, 0) is 23.8 Å². The third kappa shape index (κ3) is 2.66.